The molecule has 4 heteroatoms. The first kappa shape index (κ1) is 10.9. The lowest BCUT2D eigenvalue weighted by molar-refractivity contribution is 0.403. The Bertz CT molecular complexity index is 341. The predicted octanol–water partition coefficient (Wildman–Crippen LogP) is 3.11. The van der Waals surface area contributed by atoms with Gasteiger partial charge in [0.2, 0.25) is 0 Å². The van der Waals surface area contributed by atoms with Crippen LogP contribution in [0.1, 0.15) is 30.9 Å². The SMILES string of the molecule is Oc1c(F)cc(C2CCCCN2)cc1Br. The van der Waals surface area contributed by atoms with Gasteiger partial charge in [-0.25, -0.2) is 4.39 Å². The molecule has 2 nitrogen and oxygen atoms in total. The van der Waals surface area contributed by atoms with Gasteiger partial charge >= 0.3 is 0 Å². The number of halogens is 2. The highest BCUT2D eigenvalue weighted by molar-refractivity contribution is 9.10. The van der Waals surface area contributed by atoms with Crippen LogP contribution in [0.5, 0.6) is 5.75 Å². The van der Waals surface area contributed by atoms with Crippen LogP contribution in [0.15, 0.2) is 16.6 Å². The molecule has 15 heavy (non-hydrogen) atoms. The van der Waals surface area contributed by atoms with Gasteiger partial charge in [0.1, 0.15) is 0 Å². The van der Waals surface area contributed by atoms with E-state index in [0.29, 0.717) is 4.47 Å². The van der Waals surface area contributed by atoms with E-state index in [1.54, 1.807) is 6.07 Å². The summed E-state index contributed by atoms with van der Waals surface area (Å²) >= 11 is 3.15. The van der Waals surface area contributed by atoms with Crippen molar-refractivity contribution in [2.45, 2.75) is 25.3 Å². The summed E-state index contributed by atoms with van der Waals surface area (Å²) in [5.41, 5.74) is 0.900. The first-order chi connectivity index (χ1) is 7.18. The highest BCUT2D eigenvalue weighted by Gasteiger charge is 2.17. The molecule has 1 aromatic carbocycles. The van der Waals surface area contributed by atoms with Crippen molar-refractivity contribution in [2.24, 2.45) is 0 Å². The van der Waals surface area contributed by atoms with Crippen LogP contribution in [-0.2, 0) is 0 Å². The maximum Gasteiger partial charge on any atom is 0.166 e. The van der Waals surface area contributed by atoms with Crippen molar-refractivity contribution >= 4 is 15.9 Å². The lowest BCUT2D eigenvalue weighted by atomic mass is 9.97. The van der Waals surface area contributed by atoms with Crippen LogP contribution in [0.25, 0.3) is 0 Å². The van der Waals surface area contributed by atoms with E-state index in [4.69, 9.17) is 0 Å². The number of aromatic hydroxyl groups is 1. The lowest BCUT2D eigenvalue weighted by Gasteiger charge is -2.24. The molecule has 1 fully saturated rings. The molecule has 1 heterocycles. The van der Waals surface area contributed by atoms with Gasteiger partial charge in [0.25, 0.3) is 0 Å². The number of phenolic OH excluding ortho intramolecular Hbond substituents is 1. The van der Waals surface area contributed by atoms with Crippen molar-refractivity contribution in [2.75, 3.05) is 6.54 Å². The van der Waals surface area contributed by atoms with Crippen LogP contribution in [0.2, 0.25) is 0 Å². The summed E-state index contributed by atoms with van der Waals surface area (Å²) < 4.78 is 13.7. The molecule has 0 aromatic heterocycles. The Morgan fingerprint density at radius 2 is 2.20 bits per heavy atom. The third-order valence-corrected chi connectivity index (χ3v) is 3.36. The number of rotatable bonds is 1. The summed E-state index contributed by atoms with van der Waals surface area (Å²) in [6, 6.07) is 3.40. The highest BCUT2D eigenvalue weighted by Crippen LogP contribution is 2.32. The van der Waals surface area contributed by atoms with Gasteiger partial charge in [0.15, 0.2) is 11.6 Å². The Balaban J connectivity index is 2.27. The van der Waals surface area contributed by atoms with Crippen molar-refractivity contribution < 1.29 is 9.50 Å². The Hall–Kier alpha value is -0.610. The van der Waals surface area contributed by atoms with Crippen LogP contribution in [-0.4, -0.2) is 11.7 Å². The highest BCUT2D eigenvalue weighted by atomic mass is 79.9. The van der Waals surface area contributed by atoms with E-state index in [-0.39, 0.29) is 11.8 Å². The molecule has 2 rings (SSSR count). The molecule has 0 spiro atoms. The number of phenols is 1. The Morgan fingerprint density at radius 1 is 1.40 bits per heavy atom. The molecule has 1 saturated heterocycles. The molecular weight excluding hydrogens is 261 g/mol. The molecule has 82 valence electrons. The second-order valence-corrected chi connectivity index (χ2v) is 4.69. The summed E-state index contributed by atoms with van der Waals surface area (Å²) in [7, 11) is 0. The molecule has 1 aromatic rings. The average Bonchev–Trinajstić information content (AvgIpc) is 2.26. The zero-order valence-electron chi connectivity index (χ0n) is 8.26. The number of benzene rings is 1. The Morgan fingerprint density at radius 3 is 2.80 bits per heavy atom. The first-order valence-electron chi connectivity index (χ1n) is 5.10. The second-order valence-electron chi connectivity index (χ2n) is 3.84. The molecule has 1 aliphatic heterocycles. The minimum Gasteiger partial charge on any atom is -0.504 e. The van der Waals surface area contributed by atoms with E-state index >= 15 is 0 Å². The number of piperidine rings is 1. The van der Waals surface area contributed by atoms with Gasteiger partial charge in [-0.05, 0) is 53.0 Å². The Labute approximate surface area is 96.6 Å². The van der Waals surface area contributed by atoms with Crippen molar-refractivity contribution in [3.63, 3.8) is 0 Å². The maximum absolute atomic E-state index is 13.3. The predicted molar refractivity (Wildman–Crippen MR) is 60.4 cm³/mol. The third kappa shape index (κ3) is 2.32. The van der Waals surface area contributed by atoms with E-state index in [0.717, 1.165) is 24.9 Å². The van der Waals surface area contributed by atoms with E-state index in [1.807, 2.05) is 0 Å². The minimum atomic E-state index is -0.563. The van der Waals surface area contributed by atoms with Crippen molar-refractivity contribution in [3.05, 3.63) is 28.0 Å². The summed E-state index contributed by atoms with van der Waals surface area (Å²) in [4.78, 5) is 0. The number of hydrogen-bond acceptors (Lipinski definition) is 2. The van der Waals surface area contributed by atoms with Crippen LogP contribution in [0, 0.1) is 5.82 Å². The van der Waals surface area contributed by atoms with Crippen molar-refractivity contribution in [3.8, 4) is 5.75 Å². The van der Waals surface area contributed by atoms with Crippen molar-refractivity contribution in [1.82, 2.24) is 5.32 Å². The smallest absolute Gasteiger partial charge is 0.166 e. The van der Waals surface area contributed by atoms with Gasteiger partial charge in [-0.3, -0.25) is 0 Å². The summed E-state index contributed by atoms with van der Waals surface area (Å²) in [6.07, 6.45) is 3.37. The topological polar surface area (TPSA) is 32.3 Å². The van der Waals surface area contributed by atoms with Gasteiger partial charge in [0.05, 0.1) is 4.47 Å². The molecule has 1 aliphatic rings. The number of hydrogen-bond donors (Lipinski definition) is 2. The zero-order valence-corrected chi connectivity index (χ0v) is 9.85. The zero-order chi connectivity index (χ0) is 10.8. The standard InChI is InChI=1S/C11H13BrFNO/c12-8-5-7(6-9(13)11(8)15)10-3-1-2-4-14-10/h5-6,10,14-15H,1-4H2. The van der Waals surface area contributed by atoms with E-state index in [9.17, 15) is 9.50 Å². The fourth-order valence-electron chi connectivity index (χ4n) is 1.92. The van der Waals surface area contributed by atoms with E-state index < -0.39 is 5.82 Å². The molecule has 0 saturated carbocycles. The van der Waals surface area contributed by atoms with Gasteiger partial charge in [-0.1, -0.05) is 6.42 Å². The van der Waals surface area contributed by atoms with Crippen molar-refractivity contribution in [1.29, 1.82) is 0 Å². The van der Waals surface area contributed by atoms with E-state index in [2.05, 4.69) is 21.2 Å². The summed E-state index contributed by atoms with van der Waals surface area (Å²) in [5.74, 6) is -0.874. The Kier molecular flexibility index (Phi) is 3.26. The third-order valence-electron chi connectivity index (χ3n) is 2.75. The first-order valence-corrected chi connectivity index (χ1v) is 5.89. The van der Waals surface area contributed by atoms with Gasteiger partial charge < -0.3 is 10.4 Å². The molecule has 0 amide bonds. The molecule has 1 unspecified atom stereocenters. The van der Waals surface area contributed by atoms with Crippen LogP contribution in [0.4, 0.5) is 4.39 Å². The average molecular weight is 274 g/mol. The quantitative estimate of drug-likeness (QED) is 0.824. The summed E-state index contributed by atoms with van der Waals surface area (Å²) in [5, 5.41) is 12.6. The molecular formula is C11H13BrFNO. The number of nitrogens with one attached hydrogen (secondary N) is 1. The van der Waals surface area contributed by atoms with Gasteiger partial charge in [0, 0.05) is 6.04 Å². The second kappa shape index (κ2) is 4.49. The lowest BCUT2D eigenvalue weighted by Crippen LogP contribution is -2.26. The fraction of sp³-hybridized carbons (Fsp3) is 0.455. The molecule has 0 radical (unpaired) electrons. The monoisotopic (exact) mass is 273 g/mol. The van der Waals surface area contributed by atoms with E-state index in [1.165, 1.54) is 12.5 Å². The van der Waals surface area contributed by atoms with Crippen LogP contribution >= 0.6 is 15.9 Å². The van der Waals surface area contributed by atoms with Crippen LogP contribution in [0.3, 0.4) is 0 Å². The minimum absolute atomic E-state index is 0.213. The largest absolute Gasteiger partial charge is 0.504 e. The molecule has 1 atom stereocenters. The molecule has 0 bridgehead atoms. The normalized spacial score (nSPS) is 21.6. The summed E-state index contributed by atoms with van der Waals surface area (Å²) in [6.45, 7) is 0.977. The maximum atomic E-state index is 13.3. The van der Waals surface area contributed by atoms with Gasteiger partial charge in [-0.15, -0.1) is 0 Å². The fourth-order valence-corrected chi connectivity index (χ4v) is 2.38. The molecule has 2 N–H and O–H groups in total. The van der Waals surface area contributed by atoms with Crippen LogP contribution < -0.4 is 5.32 Å². The van der Waals surface area contributed by atoms with Gasteiger partial charge in [-0.2, -0.15) is 0 Å². The molecule has 0 aliphatic carbocycles.